The van der Waals surface area contributed by atoms with Gasteiger partial charge in [0.15, 0.2) is 0 Å². The van der Waals surface area contributed by atoms with Crippen LogP contribution in [0.25, 0.3) is 0 Å². The van der Waals surface area contributed by atoms with Crippen molar-refractivity contribution >= 4 is 5.97 Å². The lowest BCUT2D eigenvalue weighted by molar-refractivity contribution is -0.151. The van der Waals surface area contributed by atoms with E-state index in [9.17, 15) is 9.90 Å². The van der Waals surface area contributed by atoms with Crippen LogP contribution in [0, 0.1) is 0 Å². The minimum Gasteiger partial charge on any atom is -0.455 e. The Hall–Kier alpha value is -1.61. The summed E-state index contributed by atoms with van der Waals surface area (Å²) < 4.78 is 5.35. The van der Waals surface area contributed by atoms with Gasteiger partial charge in [-0.25, -0.2) is 0 Å². The number of allylic oxidation sites excluding steroid dienone is 6. The van der Waals surface area contributed by atoms with E-state index in [1.807, 2.05) is 36.5 Å². The molecular weight excluding hydrogens is 288 g/mol. The maximum Gasteiger partial charge on any atom is 0.306 e. The maximum atomic E-state index is 11.7. The van der Waals surface area contributed by atoms with E-state index in [1.54, 1.807) is 6.08 Å². The second-order valence-electron chi connectivity index (χ2n) is 5.81. The van der Waals surface area contributed by atoms with Crippen molar-refractivity contribution in [3.63, 3.8) is 0 Å². The smallest absolute Gasteiger partial charge is 0.306 e. The standard InChI is InChI=1S/C20H30O3/c1-2-3-4-5-6-7-8-9-13-16-19-18(21)15-12-10-11-14-17-20(22)23-19/h6-10,12-13,16,18-19,21H,2-5,11,14-15,17H2,1H3/b7-6-,9-8-,12-10-,16-13+/t18-,19+/m1/s1. The minimum atomic E-state index is -0.692. The van der Waals surface area contributed by atoms with Gasteiger partial charge in [0.25, 0.3) is 0 Å². The van der Waals surface area contributed by atoms with Crippen molar-refractivity contribution in [1.82, 2.24) is 0 Å². The molecule has 0 bridgehead atoms. The fourth-order valence-electron chi connectivity index (χ4n) is 2.30. The summed E-state index contributed by atoms with van der Waals surface area (Å²) in [5, 5.41) is 10.1. The number of cyclic esters (lactones) is 1. The van der Waals surface area contributed by atoms with Gasteiger partial charge in [-0.3, -0.25) is 4.79 Å². The van der Waals surface area contributed by atoms with E-state index in [1.165, 1.54) is 19.3 Å². The third-order valence-electron chi connectivity index (χ3n) is 3.69. The van der Waals surface area contributed by atoms with Crippen LogP contribution in [0.5, 0.6) is 0 Å². The monoisotopic (exact) mass is 318 g/mol. The third kappa shape index (κ3) is 9.90. The minimum absolute atomic E-state index is 0.242. The predicted octanol–water partition coefficient (Wildman–Crippen LogP) is 4.64. The van der Waals surface area contributed by atoms with Crippen LogP contribution in [0.4, 0.5) is 0 Å². The molecule has 1 aliphatic heterocycles. The maximum absolute atomic E-state index is 11.7. The molecular formula is C20H30O3. The summed E-state index contributed by atoms with van der Waals surface area (Å²) in [7, 11) is 0. The summed E-state index contributed by atoms with van der Waals surface area (Å²) in [6.07, 6.45) is 21.7. The fraction of sp³-hybridized carbons (Fsp3) is 0.550. The molecule has 0 fully saturated rings. The van der Waals surface area contributed by atoms with Gasteiger partial charge in [-0.2, -0.15) is 0 Å². The highest BCUT2D eigenvalue weighted by Crippen LogP contribution is 2.12. The lowest BCUT2D eigenvalue weighted by Crippen LogP contribution is -2.29. The quantitative estimate of drug-likeness (QED) is 0.322. The molecule has 0 radical (unpaired) electrons. The number of unbranched alkanes of at least 4 members (excludes halogenated alkanes) is 3. The van der Waals surface area contributed by atoms with Crippen molar-refractivity contribution in [2.24, 2.45) is 0 Å². The first kappa shape index (κ1) is 19.4. The number of esters is 1. The zero-order valence-corrected chi connectivity index (χ0v) is 14.2. The summed E-state index contributed by atoms with van der Waals surface area (Å²) in [6.45, 7) is 2.20. The molecule has 1 aliphatic rings. The van der Waals surface area contributed by atoms with E-state index in [4.69, 9.17) is 4.74 Å². The molecule has 0 saturated carbocycles. The molecule has 3 nitrogen and oxygen atoms in total. The summed E-state index contributed by atoms with van der Waals surface area (Å²) in [5.74, 6) is -0.242. The van der Waals surface area contributed by atoms with Gasteiger partial charge in [-0.15, -0.1) is 0 Å². The molecule has 0 spiro atoms. The molecule has 0 aromatic heterocycles. The second-order valence-corrected chi connectivity index (χ2v) is 5.81. The average Bonchev–Trinajstić information content (AvgIpc) is 2.54. The molecule has 1 rings (SSSR count). The van der Waals surface area contributed by atoms with Crippen molar-refractivity contribution in [3.8, 4) is 0 Å². The van der Waals surface area contributed by atoms with Gasteiger partial charge in [-0.05, 0) is 38.2 Å². The summed E-state index contributed by atoms with van der Waals surface area (Å²) in [5.41, 5.74) is 0. The van der Waals surface area contributed by atoms with Crippen LogP contribution in [0.15, 0.2) is 48.6 Å². The fourth-order valence-corrected chi connectivity index (χ4v) is 2.30. The predicted molar refractivity (Wildman–Crippen MR) is 95.1 cm³/mol. The largest absolute Gasteiger partial charge is 0.455 e. The average molecular weight is 318 g/mol. The Bertz CT molecular complexity index is 432. The Morgan fingerprint density at radius 2 is 2.04 bits per heavy atom. The van der Waals surface area contributed by atoms with E-state index in [0.717, 1.165) is 19.3 Å². The van der Waals surface area contributed by atoms with Crippen LogP contribution in [-0.4, -0.2) is 23.3 Å². The number of aliphatic hydroxyl groups excluding tert-OH is 1. The lowest BCUT2D eigenvalue weighted by atomic mass is 10.1. The van der Waals surface area contributed by atoms with E-state index >= 15 is 0 Å². The summed E-state index contributed by atoms with van der Waals surface area (Å²) in [6, 6.07) is 0. The van der Waals surface area contributed by atoms with Gasteiger partial charge in [0.05, 0.1) is 6.10 Å². The van der Waals surface area contributed by atoms with Gasteiger partial charge in [-0.1, -0.05) is 62.3 Å². The van der Waals surface area contributed by atoms with Crippen LogP contribution < -0.4 is 0 Å². The van der Waals surface area contributed by atoms with Gasteiger partial charge in [0, 0.05) is 6.42 Å². The molecule has 0 aromatic rings. The first-order valence-electron chi connectivity index (χ1n) is 8.76. The molecule has 1 N–H and O–H groups in total. The van der Waals surface area contributed by atoms with Crippen molar-refractivity contribution in [2.75, 3.05) is 0 Å². The molecule has 128 valence electrons. The molecule has 0 unspecified atom stereocenters. The number of ether oxygens (including phenoxy) is 1. The van der Waals surface area contributed by atoms with Gasteiger partial charge in [0.2, 0.25) is 0 Å². The zero-order valence-electron chi connectivity index (χ0n) is 14.2. The topological polar surface area (TPSA) is 46.5 Å². The van der Waals surface area contributed by atoms with Crippen molar-refractivity contribution in [1.29, 1.82) is 0 Å². The van der Waals surface area contributed by atoms with E-state index < -0.39 is 12.2 Å². The lowest BCUT2D eigenvalue weighted by Gasteiger charge is -2.20. The molecule has 0 aliphatic carbocycles. The molecule has 1 heterocycles. The highest BCUT2D eigenvalue weighted by molar-refractivity contribution is 5.69. The summed E-state index contributed by atoms with van der Waals surface area (Å²) >= 11 is 0. The van der Waals surface area contributed by atoms with E-state index in [-0.39, 0.29) is 5.97 Å². The Labute approximate surface area is 140 Å². The van der Waals surface area contributed by atoms with Gasteiger partial charge in [0.1, 0.15) is 6.10 Å². The second kappa shape index (κ2) is 12.9. The SMILES string of the molecule is CCCCC\C=C/C=C\C=C\[C@@H]1OC(=O)CCC/C=C\C[C@H]1O. The number of hydrogen-bond acceptors (Lipinski definition) is 3. The number of aliphatic hydroxyl groups is 1. The number of carbonyl (C=O) groups excluding carboxylic acids is 1. The van der Waals surface area contributed by atoms with Crippen LogP contribution in [0.3, 0.4) is 0 Å². The van der Waals surface area contributed by atoms with Crippen LogP contribution in [0.1, 0.15) is 58.3 Å². The Morgan fingerprint density at radius 1 is 1.22 bits per heavy atom. The highest BCUT2D eigenvalue weighted by Gasteiger charge is 2.20. The Kier molecular flexibility index (Phi) is 10.9. The molecule has 0 amide bonds. The first-order valence-corrected chi connectivity index (χ1v) is 8.76. The Balaban J connectivity index is 2.44. The van der Waals surface area contributed by atoms with Crippen LogP contribution >= 0.6 is 0 Å². The van der Waals surface area contributed by atoms with Crippen molar-refractivity contribution < 1.29 is 14.6 Å². The summed E-state index contributed by atoms with van der Waals surface area (Å²) in [4.78, 5) is 11.7. The Morgan fingerprint density at radius 3 is 2.87 bits per heavy atom. The zero-order chi connectivity index (χ0) is 16.8. The molecule has 23 heavy (non-hydrogen) atoms. The van der Waals surface area contributed by atoms with Gasteiger partial charge < -0.3 is 9.84 Å². The molecule has 3 heteroatoms. The van der Waals surface area contributed by atoms with Crippen molar-refractivity contribution in [3.05, 3.63) is 48.6 Å². The van der Waals surface area contributed by atoms with Crippen LogP contribution in [-0.2, 0) is 9.53 Å². The first-order chi connectivity index (χ1) is 11.2. The normalized spacial score (nSPS) is 25.2. The number of rotatable bonds is 7. The van der Waals surface area contributed by atoms with Crippen molar-refractivity contribution in [2.45, 2.75) is 70.5 Å². The van der Waals surface area contributed by atoms with E-state index in [0.29, 0.717) is 12.8 Å². The van der Waals surface area contributed by atoms with E-state index in [2.05, 4.69) is 13.0 Å². The van der Waals surface area contributed by atoms with Crippen LogP contribution in [0.2, 0.25) is 0 Å². The third-order valence-corrected chi connectivity index (χ3v) is 3.69. The molecule has 0 saturated heterocycles. The van der Waals surface area contributed by atoms with Gasteiger partial charge >= 0.3 is 5.97 Å². The molecule has 2 atom stereocenters. The number of hydrogen-bond donors (Lipinski definition) is 1. The number of carbonyl (C=O) groups is 1. The highest BCUT2D eigenvalue weighted by atomic mass is 16.6. The molecule has 0 aromatic carbocycles.